The van der Waals surface area contributed by atoms with Gasteiger partial charge in [0, 0.05) is 0 Å². The van der Waals surface area contributed by atoms with Gasteiger partial charge >= 0.3 is 6.09 Å². The van der Waals surface area contributed by atoms with Crippen LogP contribution in [-0.4, -0.2) is 38.0 Å². The first-order chi connectivity index (χ1) is 17.3. The van der Waals surface area contributed by atoms with E-state index in [4.69, 9.17) is 4.74 Å². The number of sulfone groups is 1. The number of hydrogen-bond donors (Lipinski definition) is 0. The van der Waals surface area contributed by atoms with Crippen molar-refractivity contribution in [2.45, 2.75) is 31.2 Å². The molecule has 0 spiro atoms. The molecule has 1 saturated heterocycles. The van der Waals surface area contributed by atoms with E-state index in [1.807, 2.05) is 44.2 Å². The third-order valence-corrected chi connectivity index (χ3v) is 8.09. The van der Waals surface area contributed by atoms with Crippen LogP contribution in [0.15, 0.2) is 102 Å². The highest BCUT2D eigenvalue weighted by Gasteiger charge is 2.41. The summed E-state index contributed by atoms with van der Waals surface area (Å²) in [4.78, 5) is 27.8. The lowest BCUT2D eigenvalue weighted by Crippen LogP contribution is -2.44. The zero-order valence-electron chi connectivity index (χ0n) is 20.3. The molecule has 0 unspecified atom stereocenters. The average Bonchev–Trinajstić information content (AvgIpc) is 3.25. The number of ether oxygens (including phenoxy) is 1. The maximum absolute atomic E-state index is 13.8. The van der Waals surface area contributed by atoms with Gasteiger partial charge in [0.05, 0.1) is 21.8 Å². The first-order valence-corrected chi connectivity index (χ1v) is 13.4. The summed E-state index contributed by atoms with van der Waals surface area (Å²) in [6.45, 7) is 3.77. The first-order valence-electron chi connectivity index (χ1n) is 11.9. The largest absolute Gasteiger partial charge is 0.447 e. The van der Waals surface area contributed by atoms with Crippen molar-refractivity contribution in [1.29, 1.82) is 0 Å². The molecule has 1 aliphatic rings. The van der Waals surface area contributed by atoms with Crippen molar-refractivity contribution in [3.63, 3.8) is 0 Å². The Hall–Kier alpha value is -3.71. The fraction of sp³-hybridized carbons (Fsp3) is 0.241. The standard InChI is InChI=1S/C29H29NO5S/c1-21(2)26(28(31)30-24(20-35-29(30)32)18-22-12-6-3-7-13-22)19-27(23-14-8-4-9-15-23)36(33,34)25-16-10-5-11-17-25/h3-17,19,21,24,26H,18,20H2,1-2H3/b27-19+/t24-,26-/m0/s1. The smallest absolute Gasteiger partial charge is 0.417 e. The number of amides is 2. The van der Waals surface area contributed by atoms with Gasteiger partial charge in [0.1, 0.15) is 6.61 Å². The third-order valence-electron chi connectivity index (χ3n) is 6.25. The van der Waals surface area contributed by atoms with Crippen molar-refractivity contribution in [3.05, 3.63) is 108 Å². The van der Waals surface area contributed by atoms with E-state index >= 15 is 0 Å². The van der Waals surface area contributed by atoms with Crippen LogP contribution in [0.4, 0.5) is 4.79 Å². The number of carbonyl (C=O) groups excluding carboxylic acids is 2. The number of benzene rings is 3. The molecule has 0 saturated carbocycles. The van der Waals surface area contributed by atoms with Gasteiger partial charge in [-0.2, -0.15) is 0 Å². The van der Waals surface area contributed by atoms with Crippen LogP contribution >= 0.6 is 0 Å². The summed E-state index contributed by atoms with van der Waals surface area (Å²) in [6.07, 6.45) is 1.25. The number of nitrogens with zero attached hydrogens (tertiary/aromatic N) is 1. The van der Waals surface area contributed by atoms with E-state index in [1.165, 1.54) is 18.2 Å². The molecule has 6 nitrogen and oxygen atoms in total. The zero-order chi connectivity index (χ0) is 25.7. The molecule has 1 heterocycles. The molecule has 36 heavy (non-hydrogen) atoms. The highest BCUT2D eigenvalue weighted by molar-refractivity contribution is 8.00. The molecule has 4 rings (SSSR count). The Morgan fingerprint density at radius 2 is 1.50 bits per heavy atom. The molecule has 0 bridgehead atoms. The molecule has 0 radical (unpaired) electrons. The van der Waals surface area contributed by atoms with Crippen LogP contribution in [-0.2, 0) is 25.8 Å². The van der Waals surface area contributed by atoms with Crippen LogP contribution in [0.2, 0.25) is 0 Å². The van der Waals surface area contributed by atoms with E-state index in [-0.39, 0.29) is 22.3 Å². The average molecular weight is 504 g/mol. The van der Waals surface area contributed by atoms with Crippen LogP contribution in [0, 0.1) is 11.8 Å². The summed E-state index contributed by atoms with van der Waals surface area (Å²) >= 11 is 0. The van der Waals surface area contributed by atoms with Crippen LogP contribution in [0.5, 0.6) is 0 Å². The Morgan fingerprint density at radius 1 is 0.944 bits per heavy atom. The molecule has 3 aromatic carbocycles. The molecule has 2 atom stereocenters. The fourth-order valence-corrected chi connectivity index (χ4v) is 5.85. The van der Waals surface area contributed by atoms with Gasteiger partial charge in [0.15, 0.2) is 0 Å². The molecule has 1 fully saturated rings. The second-order valence-electron chi connectivity index (χ2n) is 9.11. The number of rotatable bonds is 8. The molecule has 186 valence electrons. The molecule has 0 aliphatic carbocycles. The second kappa shape index (κ2) is 10.9. The van der Waals surface area contributed by atoms with E-state index < -0.39 is 33.8 Å². The minimum atomic E-state index is -3.94. The maximum Gasteiger partial charge on any atom is 0.417 e. The van der Waals surface area contributed by atoms with Crippen molar-refractivity contribution < 1.29 is 22.7 Å². The van der Waals surface area contributed by atoms with Gasteiger partial charge in [-0.15, -0.1) is 0 Å². The normalized spacial score (nSPS) is 17.2. The summed E-state index contributed by atoms with van der Waals surface area (Å²) in [7, 11) is -3.94. The summed E-state index contributed by atoms with van der Waals surface area (Å²) in [5, 5.41) is 0. The van der Waals surface area contributed by atoms with Gasteiger partial charge in [-0.25, -0.2) is 18.1 Å². The van der Waals surface area contributed by atoms with Crippen LogP contribution in [0.3, 0.4) is 0 Å². The Bertz CT molecular complexity index is 1340. The van der Waals surface area contributed by atoms with Crippen molar-refractivity contribution in [3.8, 4) is 0 Å². The van der Waals surface area contributed by atoms with Gasteiger partial charge in [-0.1, -0.05) is 98.8 Å². The zero-order valence-corrected chi connectivity index (χ0v) is 21.1. The lowest BCUT2D eigenvalue weighted by molar-refractivity contribution is -0.133. The van der Waals surface area contributed by atoms with E-state index in [0.717, 1.165) is 10.5 Å². The summed E-state index contributed by atoms with van der Waals surface area (Å²) in [5.41, 5.74) is 1.46. The van der Waals surface area contributed by atoms with E-state index in [0.29, 0.717) is 12.0 Å². The molecule has 2 amide bonds. The maximum atomic E-state index is 13.8. The Balaban J connectivity index is 1.75. The minimum Gasteiger partial charge on any atom is -0.447 e. The quantitative estimate of drug-likeness (QED) is 0.413. The monoisotopic (exact) mass is 503 g/mol. The van der Waals surface area contributed by atoms with Crippen LogP contribution in [0.25, 0.3) is 4.91 Å². The van der Waals surface area contributed by atoms with Gasteiger partial charge in [-0.05, 0) is 35.6 Å². The molecule has 0 aromatic heterocycles. The number of cyclic esters (lactones) is 1. The first kappa shape index (κ1) is 25.4. The molecule has 1 aliphatic heterocycles. The summed E-state index contributed by atoms with van der Waals surface area (Å²) in [5.74, 6) is -1.60. The van der Waals surface area contributed by atoms with E-state index in [9.17, 15) is 18.0 Å². The Morgan fingerprint density at radius 3 is 2.08 bits per heavy atom. The van der Waals surface area contributed by atoms with Crippen molar-refractivity contribution >= 4 is 26.7 Å². The van der Waals surface area contributed by atoms with Gasteiger partial charge < -0.3 is 4.74 Å². The predicted molar refractivity (Wildman–Crippen MR) is 139 cm³/mol. The topological polar surface area (TPSA) is 80.8 Å². The van der Waals surface area contributed by atoms with Gasteiger partial charge in [-0.3, -0.25) is 4.79 Å². The van der Waals surface area contributed by atoms with Crippen LogP contribution in [0.1, 0.15) is 25.0 Å². The Labute approximate surface area is 212 Å². The highest BCUT2D eigenvalue weighted by Crippen LogP contribution is 2.32. The lowest BCUT2D eigenvalue weighted by atomic mass is 9.92. The molecular formula is C29H29NO5S. The van der Waals surface area contributed by atoms with Crippen LogP contribution < -0.4 is 0 Å². The lowest BCUT2D eigenvalue weighted by Gasteiger charge is -2.26. The van der Waals surface area contributed by atoms with E-state index in [2.05, 4.69) is 0 Å². The summed E-state index contributed by atoms with van der Waals surface area (Å²) in [6, 6.07) is 26.0. The Kier molecular flexibility index (Phi) is 7.70. The van der Waals surface area contributed by atoms with Crippen molar-refractivity contribution in [1.82, 2.24) is 4.90 Å². The minimum absolute atomic E-state index is 0.0357. The third kappa shape index (κ3) is 5.41. The predicted octanol–water partition coefficient (Wildman–Crippen LogP) is 5.36. The number of imide groups is 1. The molecule has 0 N–H and O–H groups in total. The van der Waals surface area contributed by atoms with Gasteiger partial charge in [0.2, 0.25) is 15.7 Å². The SMILES string of the molecule is CC(C)[C@H](/C=C(\c1ccccc1)S(=O)(=O)c1ccccc1)C(=O)N1C(=O)OC[C@@H]1Cc1ccccc1. The second-order valence-corrected chi connectivity index (χ2v) is 11.0. The number of carbonyl (C=O) groups is 2. The van der Waals surface area contributed by atoms with Crippen molar-refractivity contribution in [2.75, 3.05) is 6.61 Å². The number of hydrogen-bond acceptors (Lipinski definition) is 5. The van der Waals surface area contributed by atoms with Gasteiger partial charge in [0.25, 0.3) is 0 Å². The van der Waals surface area contributed by atoms with Crippen molar-refractivity contribution in [2.24, 2.45) is 11.8 Å². The van der Waals surface area contributed by atoms with E-state index in [1.54, 1.807) is 48.5 Å². The summed E-state index contributed by atoms with van der Waals surface area (Å²) < 4.78 is 32.7. The molecular weight excluding hydrogens is 474 g/mol. The molecule has 3 aromatic rings. The molecule has 7 heteroatoms. The fourth-order valence-electron chi connectivity index (χ4n) is 4.31. The highest BCUT2D eigenvalue weighted by atomic mass is 32.2.